The minimum atomic E-state index is -0.243. The first-order valence-corrected chi connectivity index (χ1v) is 11.7. The second-order valence-corrected chi connectivity index (χ2v) is 10.3. The molecule has 0 saturated heterocycles. The van der Waals surface area contributed by atoms with Crippen LogP contribution in [-0.2, 0) is 0 Å². The second kappa shape index (κ2) is 9.69. The van der Waals surface area contributed by atoms with Gasteiger partial charge < -0.3 is 21.7 Å². The fourth-order valence-electron chi connectivity index (χ4n) is 2.71. The third-order valence-corrected chi connectivity index (χ3v) is 7.69. The Kier molecular flexibility index (Phi) is 7.26. The molecule has 0 aliphatic rings. The van der Waals surface area contributed by atoms with E-state index in [2.05, 4.69) is 41.5 Å². The van der Waals surface area contributed by atoms with E-state index >= 15 is 0 Å². The standard InChI is InChI=1S/C22H17IN2O2S.BrH/c1-14-4-3-5-17(12-14)23-16-8-6-15(7-9-16)21(26)25-22-24-19-11-10-18(27-2)13-20(19)28-22;/h3-13H,1-2H3;1H. The monoisotopic (exact) mass is 580 g/mol. The maximum atomic E-state index is 12.6. The fraction of sp³-hybridized carbons (Fsp3) is 0.0909. The molecule has 0 spiro atoms. The van der Waals surface area contributed by atoms with Gasteiger partial charge in [-0.25, -0.2) is 4.98 Å². The Labute approximate surface area is 194 Å². The molecule has 3 aromatic carbocycles. The lowest BCUT2D eigenvalue weighted by Crippen LogP contribution is -3.61. The Bertz CT molecular complexity index is 1150. The van der Waals surface area contributed by atoms with Gasteiger partial charge >= 0.3 is 21.2 Å². The zero-order chi connectivity index (χ0) is 19.5. The maximum absolute atomic E-state index is 12.6. The van der Waals surface area contributed by atoms with Gasteiger partial charge in [-0.3, -0.25) is 10.1 Å². The molecular weight excluding hydrogens is 563 g/mol. The highest BCUT2D eigenvalue weighted by atomic mass is 127. The molecule has 1 heterocycles. The third-order valence-electron chi connectivity index (χ3n) is 4.12. The van der Waals surface area contributed by atoms with Crippen molar-refractivity contribution in [2.75, 3.05) is 12.4 Å². The highest BCUT2D eigenvalue weighted by Gasteiger charge is 2.17. The van der Waals surface area contributed by atoms with E-state index in [0.717, 1.165) is 16.0 Å². The Hall–Kier alpha value is -1.97. The molecule has 0 radical (unpaired) electrons. The number of thiazole rings is 1. The number of anilines is 1. The number of amides is 1. The molecule has 0 atom stereocenters. The number of nitrogens with zero attached hydrogens (tertiary/aromatic N) is 1. The van der Waals surface area contributed by atoms with Crippen LogP contribution in [0.1, 0.15) is 15.9 Å². The summed E-state index contributed by atoms with van der Waals surface area (Å²) in [5, 5.41) is 3.49. The SMILES string of the molecule is COc1ccc2nc(NC(=O)c3ccc([I+]c4cccc(C)c4)cc3)sc2c1.[Br-]. The average molecular weight is 581 g/mol. The van der Waals surface area contributed by atoms with Crippen molar-refractivity contribution in [1.29, 1.82) is 0 Å². The summed E-state index contributed by atoms with van der Waals surface area (Å²) < 4.78 is 8.88. The minimum Gasteiger partial charge on any atom is -1.00 e. The summed E-state index contributed by atoms with van der Waals surface area (Å²) in [5.41, 5.74) is 2.76. The number of benzene rings is 3. The van der Waals surface area contributed by atoms with E-state index in [1.807, 2.05) is 42.5 Å². The summed E-state index contributed by atoms with van der Waals surface area (Å²) in [6.07, 6.45) is 0. The molecule has 1 amide bonds. The maximum Gasteiger partial charge on any atom is 0.357 e. The average Bonchev–Trinajstić information content (AvgIpc) is 3.09. The van der Waals surface area contributed by atoms with Crippen LogP contribution < -0.4 is 48.2 Å². The van der Waals surface area contributed by atoms with E-state index in [9.17, 15) is 4.79 Å². The van der Waals surface area contributed by atoms with Crippen molar-refractivity contribution in [3.63, 3.8) is 0 Å². The van der Waals surface area contributed by atoms with Crippen LogP contribution in [0, 0.1) is 14.1 Å². The summed E-state index contributed by atoms with van der Waals surface area (Å²) >= 11 is 1.20. The summed E-state index contributed by atoms with van der Waals surface area (Å²) in [7, 11) is 1.63. The van der Waals surface area contributed by atoms with Crippen LogP contribution in [0.4, 0.5) is 5.13 Å². The molecule has 0 aliphatic heterocycles. The quantitative estimate of drug-likeness (QED) is 0.308. The Balaban J connectivity index is 0.00000240. The number of carbonyl (C=O) groups excluding carboxylic acids is 1. The van der Waals surface area contributed by atoms with Gasteiger partial charge in [-0.05, 0) is 67.1 Å². The van der Waals surface area contributed by atoms with Gasteiger partial charge in [0.2, 0.25) is 0 Å². The van der Waals surface area contributed by atoms with Gasteiger partial charge in [0.05, 0.1) is 17.3 Å². The number of hydrogen-bond donors (Lipinski definition) is 1. The summed E-state index contributed by atoms with van der Waals surface area (Å²) in [6, 6.07) is 22.2. The van der Waals surface area contributed by atoms with Crippen molar-refractivity contribution >= 4 is 32.6 Å². The highest BCUT2D eigenvalue weighted by molar-refractivity contribution is 7.22. The van der Waals surface area contributed by atoms with Crippen molar-refractivity contribution in [1.82, 2.24) is 4.98 Å². The van der Waals surface area contributed by atoms with Gasteiger partial charge in [-0.2, -0.15) is 0 Å². The Morgan fingerprint density at radius 3 is 2.55 bits per heavy atom. The van der Waals surface area contributed by atoms with E-state index < -0.39 is 0 Å². The van der Waals surface area contributed by atoms with Crippen molar-refractivity contribution in [3.05, 3.63) is 85.0 Å². The first-order chi connectivity index (χ1) is 13.6. The van der Waals surface area contributed by atoms with E-state index in [1.54, 1.807) is 7.11 Å². The summed E-state index contributed by atoms with van der Waals surface area (Å²) in [4.78, 5) is 17.0. The lowest BCUT2D eigenvalue weighted by Gasteiger charge is -2.00. The van der Waals surface area contributed by atoms with Crippen LogP contribution in [0.15, 0.2) is 66.7 Å². The number of halogens is 2. The number of aromatic nitrogens is 1. The van der Waals surface area contributed by atoms with Gasteiger partial charge in [0, 0.05) is 5.56 Å². The summed E-state index contributed by atoms with van der Waals surface area (Å²) in [5.74, 6) is 0.632. The molecule has 148 valence electrons. The number of methoxy groups -OCH3 is 1. The third kappa shape index (κ3) is 5.34. The van der Waals surface area contributed by atoms with Gasteiger partial charge in [-0.1, -0.05) is 23.5 Å². The molecule has 29 heavy (non-hydrogen) atoms. The number of nitrogens with one attached hydrogen (secondary N) is 1. The number of carbonyl (C=O) groups is 1. The van der Waals surface area contributed by atoms with Crippen LogP contribution in [0.25, 0.3) is 10.2 Å². The molecule has 1 aromatic heterocycles. The summed E-state index contributed by atoms with van der Waals surface area (Å²) in [6.45, 7) is 2.11. The molecule has 0 fully saturated rings. The van der Waals surface area contributed by atoms with E-state index in [0.29, 0.717) is 10.7 Å². The molecule has 0 unspecified atom stereocenters. The van der Waals surface area contributed by atoms with Crippen molar-refractivity contribution in [2.24, 2.45) is 0 Å². The normalized spacial score (nSPS) is 10.4. The predicted molar refractivity (Wildman–Crippen MR) is 109 cm³/mol. The first kappa shape index (κ1) is 21.7. The molecule has 1 N–H and O–H groups in total. The smallest absolute Gasteiger partial charge is 0.357 e. The van der Waals surface area contributed by atoms with Gasteiger partial charge in [-0.15, -0.1) is 0 Å². The molecule has 4 aromatic rings. The largest absolute Gasteiger partial charge is 1.00 e. The molecular formula is C22H18BrIN2O2S. The molecule has 0 aliphatic carbocycles. The number of fused-ring (bicyclic) bond motifs is 1. The molecule has 4 nitrogen and oxygen atoms in total. The van der Waals surface area contributed by atoms with Crippen molar-refractivity contribution in [3.8, 4) is 5.75 Å². The zero-order valence-corrected chi connectivity index (χ0v) is 20.3. The van der Waals surface area contributed by atoms with E-state index in [-0.39, 0.29) is 44.1 Å². The number of rotatable bonds is 5. The van der Waals surface area contributed by atoms with Crippen LogP contribution in [0.2, 0.25) is 0 Å². The fourth-order valence-corrected chi connectivity index (χ4v) is 6.07. The minimum absolute atomic E-state index is 0. The van der Waals surface area contributed by atoms with Crippen molar-refractivity contribution in [2.45, 2.75) is 6.92 Å². The molecule has 4 rings (SSSR count). The predicted octanol–water partition coefficient (Wildman–Crippen LogP) is -1.00. The lowest BCUT2D eigenvalue weighted by atomic mass is 10.2. The van der Waals surface area contributed by atoms with E-state index in [1.165, 1.54) is 24.0 Å². The second-order valence-electron chi connectivity index (χ2n) is 6.21. The number of hydrogen-bond acceptors (Lipinski definition) is 4. The van der Waals surface area contributed by atoms with Crippen molar-refractivity contribution < 1.29 is 47.7 Å². The first-order valence-electron chi connectivity index (χ1n) is 8.68. The lowest BCUT2D eigenvalue weighted by molar-refractivity contribution is -0.597. The number of aryl methyl sites for hydroxylation is 1. The van der Waals surface area contributed by atoms with E-state index in [4.69, 9.17) is 4.74 Å². The van der Waals surface area contributed by atoms with Gasteiger partial charge in [0.15, 0.2) is 12.3 Å². The van der Waals surface area contributed by atoms with Gasteiger partial charge in [0.25, 0.3) is 5.91 Å². The molecule has 0 saturated carbocycles. The zero-order valence-electron chi connectivity index (χ0n) is 15.8. The highest BCUT2D eigenvalue weighted by Crippen LogP contribution is 2.29. The van der Waals surface area contributed by atoms with Crippen LogP contribution in [0.3, 0.4) is 0 Å². The number of ether oxygens (including phenoxy) is 1. The molecule has 0 bridgehead atoms. The van der Waals surface area contributed by atoms with Gasteiger partial charge in [0.1, 0.15) is 5.75 Å². The Morgan fingerprint density at radius 2 is 1.83 bits per heavy atom. The van der Waals surface area contributed by atoms with Crippen LogP contribution in [0.5, 0.6) is 5.75 Å². The Morgan fingerprint density at radius 1 is 1.03 bits per heavy atom. The van der Waals surface area contributed by atoms with Crippen LogP contribution >= 0.6 is 11.3 Å². The molecule has 7 heteroatoms. The van der Waals surface area contributed by atoms with Crippen LogP contribution in [-0.4, -0.2) is 18.0 Å². The topological polar surface area (TPSA) is 51.2 Å².